The van der Waals surface area contributed by atoms with Crippen LogP contribution in [0.4, 0.5) is 0 Å². The van der Waals surface area contributed by atoms with Crippen molar-refractivity contribution >= 4 is 28.4 Å². The number of aliphatic imine (C=N–C) groups is 3. The summed E-state index contributed by atoms with van der Waals surface area (Å²) < 4.78 is 2.26. The molecular formula is C74H55N7. The third-order valence-electron chi connectivity index (χ3n) is 15.0. The van der Waals surface area contributed by atoms with Crippen LogP contribution >= 0.6 is 0 Å². The summed E-state index contributed by atoms with van der Waals surface area (Å²) >= 11 is 0. The van der Waals surface area contributed by atoms with Crippen molar-refractivity contribution in [2.24, 2.45) is 15.0 Å². The molecule has 0 radical (unpaired) electrons. The molecule has 386 valence electrons. The largest absolute Gasteiger partial charge is 0.337 e. The van der Waals surface area contributed by atoms with E-state index >= 15 is 0 Å². The molecule has 0 aliphatic carbocycles. The second-order valence-electron chi connectivity index (χ2n) is 19.9. The minimum absolute atomic E-state index is 0. The highest BCUT2D eigenvalue weighted by molar-refractivity contribution is 6.54. The van der Waals surface area contributed by atoms with Crippen molar-refractivity contribution in [3.05, 3.63) is 325 Å². The molecule has 3 aliphatic rings. The lowest BCUT2D eigenvalue weighted by molar-refractivity contribution is 0.427. The molecule has 7 nitrogen and oxygen atoms in total. The fourth-order valence-corrected chi connectivity index (χ4v) is 11.3. The normalized spacial score (nSPS) is 13.6. The van der Waals surface area contributed by atoms with Gasteiger partial charge in [-0.3, -0.25) is 9.56 Å². The number of aromatic nitrogens is 4. The second-order valence-corrected chi connectivity index (χ2v) is 19.9. The van der Waals surface area contributed by atoms with Crippen LogP contribution in [-0.2, 0) is 5.79 Å². The minimum atomic E-state index is -1.02. The molecule has 0 saturated carbocycles. The number of rotatable bonds is 10. The van der Waals surface area contributed by atoms with Gasteiger partial charge in [-0.15, -0.1) is 0 Å². The molecule has 0 unspecified atom stereocenters. The van der Waals surface area contributed by atoms with Crippen LogP contribution in [0.25, 0.3) is 79.1 Å². The van der Waals surface area contributed by atoms with Gasteiger partial charge in [-0.05, 0) is 11.1 Å². The van der Waals surface area contributed by atoms with Gasteiger partial charge in [0.1, 0.15) is 11.6 Å². The van der Waals surface area contributed by atoms with Crippen LogP contribution in [0, 0.1) is 0 Å². The first kappa shape index (κ1) is 49.9. The van der Waals surface area contributed by atoms with Gasteiger partial charge < -0.3 is 4.98 Å². The summed E-state index contributed by atoms with van der Waals surface area (Å²) in [5, 5.41) is 0. The molecule has 7 heteroatoms. The van der Waals surface area contributed by atoms with Gasteiger partial charge in [-0.1, -0.05) is 299 Å². The number of imidazole rings is 2. The number of nitrogens with one attached hydrogen (secondary N) is 1. The lowest BCUT2D eigenvalue weighted by Gasteiger charge is -2.24. The maximum atomic E-state index is 5.56. The van der Waals surface area contributed by atoms with E-state index in [2.05, 4.69) is 258 Å². The topological polar surface area (TPSA) is 83.6 Å². The molecule has 5 heterocycles. The summed E-state index contributed by atoms with van der Waals surface area (Å²) in [5.41, 5.74) is 21.9. The molecule has 3 aliphatic heterocycles. The van der Waals surface area contributed by atoms with E-state index in [9.17, 15) is 0 Å². The highest BCUT2D eigenvalue weighted by Crippen LogP contribution is 2.53. The van der Waals surface area contributed by atoms with Crippen LogP contribution in [0.1, 0.15) is 47.2 Å². The quantitative estimate of drug-likeness (QED) is 0.148. The Bertz CT molecular complexity index is 4200. The SMILES string of the molecule is C.c1ccc(C2=C(c3ccccc3)N=C(c3ccccc3-c3nc(-c4ccccc4)c(-c4ccccc4)[nH]3)C2)cc1.c1ccc(C2=NC3(N=C2c2ccccc2)c2ccccc2-c2nc(-c4ccccc4)c(-c4ccccc4)n23)cc1. The number of H-pyrrole nitrogens is 1. The van der Waals surface area contributed by atoms with Crippen LogP contribution < -0.4 is 0 Å². The maximum absolute atomic E-state index is 5.56. The average Bonchev–Trinajstić information content (AvgIpc) is 4.51. The van der Waals surface area contributed by atoms with E-state index in [0.717, 1.165) is 125 Å². The van der Waals surface area contributed by atoms with E-state index in [4.69, 9.17) is 24.9 Å². The van der Waals surface area contributed by atoms with Gasteiger partial charge in [0, 0.05) is 67.6 Å². The average molecular weight is 1040 g/mol. The minimum Gasteiger partial charge on any atom is -0.337 e. The molecule has 12 aromatic rings. The Hall–Kier alpha value is -10.6. The smallest absolute Gasteiger partial charge is 0.262 e. The molecule has 81 heavy (non-hydrogen) atoms. The first-order chi connectivity index (χ1) is 39.7. The molecule has 1 N–H and O–H groups in total. The summed E-state index contributed by atoms with van der Waals surface area (Å²) in [5.74, 6) is 0.695. The summed E-state index contributed by atoms with van der Waals surface area (Å²) in [6.07, 6.45) is 0.753. The third kappa shape index (κ3) is 9.16. The number of aromatic amines is 1. The van der Waals surface area contributed by atoms with E-state index in [1.807, 2.05) is 42.5 Å². The van der Waals surface area contributed by atoms with Crippen molar-refractivity contribution in [1.29, 1.82) is 0 Å². The summed E-state index contributed by atoms with van der Waals surface area (Å²) in [6, 6.07) is 100. The van der Waals surface area contributed by atoms with Gasteiger partial charge in [0.2, 0.25) is 0 Å². The molecule has 0 amide bonds. The summed E-state index contributed by atoms with van der Waals surface area (Å²) in [4.78, 5) is 30.6. The monoisotopic (exact) mass is 1040 g/mol. The third-order valence-corrected chi connectivity index (χ3v) is 15.0. The zero-order valence-corrected chi connectivity index (χ0v) is 43.6. The summed E-state index contributed by atoms with van der Waals surface area (Å²) in [6.45, 7) is 0. The maximum Gasteiger partial charge on any atom is 0.262 e. The van der Waals surface area contributed by atoms with Crippen LogP contribution in [0.2, 0.25) is 0 Å². The Morgan fingerprint density at radius 2 is 0.765 bits per heavy atom. The van der Waals surface area contributed by atoms with Crippen molar-refractivity contribution in [3.63, 3.8) is 0 Å². The Morgan fingerprint density at radius 3 is 1.30 bits per heavy atom. The zero-order chi connectivity index (χ0) is 53.2. The van der Waals surface area contributed by atoms with Gasteiger partial charge in [0.15, 0.2) is 0 Å². The van der Waals surface area contributed by atoms with Crippen molar-refractivity contribution in [2.75, 3.05) is 0 Å². The first-order valence-electron chi connectivity index (χ1n) is 27.1. The number of nitrogens with zero attached hydrogens (tertiary/aromatic N) is 6. The van der Waals surface area contributed by atoms with Crippen molar-refractivity contribution in [1.82, 2.24) is 19.5 Å². The lowest BCUT2D eigenvalue weighted by Crippen LogP contribution is -2.26. The van der Waals surface area contributed by atoms with Crippen LogP contribution in [0.5, 0.6) is 0 Å². The van der Waals surface area contributed by atoms with Gasteiger partial charge in [-0.25, -0.2) is 20.0 Å². The Labute approximate surface area is 472 Å². The van der Waals surface area contributed by atoms with E-state index in [1.165, 1.54) is 11.1 Å². The first-order valence-corrected chi connectivity index (χ1v) is 27.1. The Morgan fingerprint density at radius 1 is 0.358 bits per heavy atom. The molecule has 0 saturated heterocycles. The molecule has 0 bridgehead atoms. The number of hydrogen-bond acceptors (Lipinski definition) is 5. The number of hydrogen-bond donors (Lipinski definition) is 1. The molecule has 10 aromatic carbocycles. The van der Waals surface area contributed by atoms with Gasteiger partial charge in [0.05, 0.1) is 45.6 Å². The highest BCUT2D eigenvalue weighted by Gasteiger charge is 2.50. The number of fused-ring (bicyclic) bond motifs is 5. The fourth-order valence-electron chi connectivity index (χ4n) is 11.3. The molecule has 1 spiro atoms. The van der Waals surface area contributed by atoms with Crippen molar-refractivity contribution in [2.45, 2.75) is 19.6 Å². The molecule has 2 aromatic heterocycles. The number of benzene rings is 10. The van der Waals surface area contributed by atoms with E-state index in [-0.39, 0.29) is 7.43 Å². The molecule has 0 atom stereocenters. The predicted octanol–water partition coefficient (Wildman–Crippen LogP) is 17.7. The lowest BCUT2D eigenvalue weighted by atomic mass is 9.94. The van der Waals surface area contributed by atoms with Crippen molar-refractivity contribution in [3.8, 4) is 67.8 Å². The Kier molecular flexibility index (Phi) is 13.3. The van der Waals surface area contributed by atoms with Crippen molar-refractivity contribution < 1.29 is 0 Å². The van der Waals surface area contributed by atoms with E-state index in [1.54, 1.807) is 0 Å². The molecular weight excluding hydrogens is 987 g/mol. The second kappa shape index (κ2) is 21.7. The standard InChI is InChI=1S/C37H27N3.C36H24N4.CH4/c1-5-15-26(16-6-1)32-25-33(38-34(32)27-17-7-2-8-18-27)30-23-13-14-24-31(30)37-39-35(28-19-9-3-10-20-28)36(40-37)29-21-11-4-12-22-29;1-5-15-25(16-6-1)31-32(26-17-7-2-8-18-26)39-36(38-31)30-24-14-13-23-29(30)35-37-33(27-19-9-3-10-20-27)34(40(35)36)28-21-11-4-12-22-28;/h1-24H,25H2,(H,39,40);1-24H;1H4. The fraction of sp³-hybridized carbons (Fsp3) is 0.0405. The molecule has 0 fully saturated rings. The van der Waals surface area contributed by atoms with Gasteiger partial charge in [-0.2, -0.15) is 0 Å². The van der Waals surface area contributed by atoms with E-state index in [0.29, 0.717) is 0 Å². The van der Waals surface area contributed by atoms with Gasteiger partial charge >= 0.3 is 0 Å². The highest BCUT2D eigenvalue weighted by atomic mass is 15.4. The van der Waals surface area contributed by atoms with Crippen LogP contribution in [0.15, 0.2) is 306 Å². The van der Waals surface area contributed by atoms with Gasteiger partial charge in [0.25, 0.3) is 5.79 Å². The van der Waals surface area contributed by atoms with Crippen LogP contribution in [0.3, 0.4) is 0 Å². The molecule has 15 rings (SSSR count). The Balaban J connectivity index is 0.000000151. The van der Waals surface area contributed by atoms with Crippen LogP contribution in [-0.4, -0.2) is 36.7 Å². The zero-order valence-electron chi connectivity index (χ0n) is 43.6. The number of allylic oxidation sites excluding steroid dienone is 1. The summed E-state index contributed by atoms with van der Waals surface area (Å²) in [7, 11) is 0. The predicted molar refractivity (Wildman–Crippen MR) is 334 cm³/mol. The van der Waals surface area contributed by atoms with E-state index < -0.39 is 5.79 Å².